The highest BCUT2D eigenvalue weighted by Gasteiger charge is 2.17. The second-order valence-corrected chi connectivity index (χ2v) is 4.63. The van der Waals surface area contributed by atoms with Crippen molar-refractivity contribution in [1.82, 2.24) is 15.0 Å². The van der Waals surface area contributed by atoms with Crippen LogP contribution in [0.25, 0.3) is 0 Å². The van der Waals surface area contributed by atoms with Gasteiger partial charge < -0.3 is 9.47 Å². The first kappa shape index (κ1) is 15.0. The van der Waals surface area contributed by atoms with Gasteiger partial charge in [-0.05, 0) is 38.5 Å². The molecule has 0 aliphatic rings. The third-order valence-electron chi connectivity index (χ3n) is 3.01. The van der Waals surface area contributed by atoms with Gasteiger partial charge in [0.2, 0.25) is 0 Å². The van der Waals surface area contributed by atoms with Gasteiger partial charge in [0.25, 0.3) is 0 Å². The van der Waals surface area contributed by atoms with Gasteiger partial charge in [0.15, 0.2) is 5.69 Å². The molecule has 0 N–H and O–H groups in total. The molecule has 6 heteroatoms. The van der Waals surface area contributed by atoms with E-state index in [4.69, 9.17) is 9.47 Å². The highest BCUT2D eigenvalue weighted by molar-refractivity contribution is 5.88. The third kappa shape index (κ3) is 3.81. The van der Waals surface area contributed by atoms with Crippen LogP contribution in [0.15, 0.2) is 24.3 Å². The Hall–Kier alpha value is -2.37. The molecule has 0 saturated heterocycles. The van der Waals surface area contributed by atoms with E-state index in [0.29, 0.717) is 25.5 Å². The number of ether oxygens (including phenoxy) is 2. The fraction of sp³-hybridized carbons (Fsp3) is 0.400. The standard InChI is InChI=1S/C15H19N3O3/c1-4-20-15(19)14-12(3)18(17-16-14)8-9-21-13-7-5-6-11(2)10-13/h5-7,10H,4,8-9H2,1-3H3. The summed E-state index contributed by atoms with van der Waals surface area (Å²) in [4.78, 5) is 11.6. The van der Waals surface area contributed by atoms with Crippen molar-refractivity contribution in [3.63, 3.8) is 0 Å². The molecule has 0 saturated carbocycles. The zero-order valence-corrected chi connectivity index (χ0v) is 12.5. The largest absolute Gasteiger partial charge is 0.492 e. The minimum absolute atomic E-state index is 0.257. The van der Waals surface area contributed by atoms with Crippen LogP contribution < -0.4 is 4.74 Å². The second kappa shape index (κ2) is 6.88. The highest BCUT2D eigenvalue weighted by Crippen LogP contribution is 2.12. The quantitative estimate of drug-likeness (QED) is 0.762. The lowest BCUT2D eigenvalue weighted by Crippen LogP contribution is -2.12. The minimum Gasteiger partial charge on any atom is -0.492 e. The Morgan fingerprint density at radius 3 is 2.86 bits per heavy atom. The summed E-state index contributed by atoms with van der Waals surface area (Å²) in [7, 11) is 0. The van der Waals surface area contributed by atoms with Gasteiger partial charge in [-0.15, -0.1) is 5.10 Å². The first-order valence-electron chi connectivity index (χ1n) is 6.88. The summed E-state index contributed by atoms with van der Waals surface area (Å²) in [6.07, 6.45) is 0. The predicted molar refractivity (Wildman–Crippen MR) is 77.4 cm³/mol. The normalized spacial score (nSPS) is 10.4. The Labute approximate surface area is 123 Å². The molecule has 2 aromatic rings. The number of rotatable bonds is 6. The number of nitrogens with zero attached hydrogens (tertiary/aromatic N) is 3. The van der Waals surface area contributed by atoms with Gasteiger partial charge in [0, 0.05) is 0 Å². The van der Waals surface area contributed by atoms with Gasteiger partial charge in [0.1, 0.15) is 12.4 Å². The molecule has 6 nitrogen and oxygen atoms in total. The fourth-order valence-electron chi connectivity index (χ4n) is 1.92. The number of benzene rings is 1. The summed E-state index contributed by atoms with van der Waals surface area (Å²) in [5.41, 5.74) is 2.09. The summed E-state index contributed by atoms with van der Waals surface area (Å²) < 4.78 is 12.2. The highest BCUT2D eigenvalue weighted by atomic mass is 16.5. The average Bonchev–Trinajstić information content (AvgIpc) is 2.81. The monoisotopic (exact) mass is 289 g/mol. The number of hydrogen-bond acceptors (Lipinski definition) is 5. The number of esters is 1. The van der Waals surface area contributed by atoms with E-state index in [1.54, 1.807) is 18.5 Å². The molecule has 0 radical (unpaired) electrons. The zero-order chi connectivity index (χ0) is 15.2. The molecule has 1 aromatic heterocycles. The lowest BCUT2D eigenvalue weighted by atomic mass is 10.2. The van der Waals surface area contributed by atoms with Gasteiger partial charge >= 0.3 is 5.97 Å². The average molecular weight is 289 g/mol. The van der Waals surface area contributed by atoms with Gasteiger partial charge in [-0.3, -0.25) is 0 Å². The molecule has 0 amide bonds. The predicted octanol–water partition coefficient (Wildman–Crippen LogP) is 2.15. The summed E-state index contributed by atoms with van der Waals surface area (Å²) in [6.45, 7) is 6.86. The van der Waals surface area contributed by atoms with E-state index in [9.17, 15) is 4.79 Å². The number of carbonyl (C=O) groups is 1. The molecule has 2 rings (SSSR count). The zero-order valence-electron chi connectivity index (χ0n) is 12.5. The van der Waals surface area contributed by atoms with E-state index in [0.717, 1.165) is 11.3 Å². The van der Waals surface area contributed by atoms with Crippen molar-refractivity contribution in [2.24, 2.45) is 0 Å². The molecule has 0 atom stereocenters. The number of carbonyl (C=O) groups excluding carboxylic acids is 1. The van der Waals surface area contributed by atoms with Crippen LogP contribution in [0.2, 0.25) is 0 Å². The topological polar surface area (TPSA) is 66.2 Å². The molecular formula is C15H19N3O3. The van der Waals surface area contributed by atoms with Crippen LogP contribution in [0.4, 0.5) is 0 Å². The SMILES string of the molecule is CCOC(=O)c1nnn(CCOc2cccc(C)c2)c1C. The molecule has 1 aromatic carbocycles. The van der Waals surface area contributed by atoms with Crippen LogP contribution in [-0.2, 0) is 11.3 Å². The minimum atomic E-state index is -0.444. The van der Waals surface area contributed by atoms with Gasteiger partial charge in [-0.2, -0.15) is 0 Å². The van der Waals surface area contributed by atoms with Crippen molar-refractivity contribution < 1.29 is 14.3 Å². The molecule has 0 fully saturated rings. The number of hydrogen-bond donors (Lipinski definition) is 0. The molecular weight excluding hydrogens is 270 g/mol. The van der Waals surface area contributed by atoms with E-state index in [-0.39, 0.29) is 5.69 Å². The van der Waals surface area contributed by atoms with Crippen molar-refractivity contribution in [1.29, 1.82) is 0 Å². The van der Waals surface area contributed by atoms with E-state index >= 15 is 0 Å². The van der Waals surface area contributed by atoms with Crippen LogP contribution in [0.5, 0.6) is 5.75 Å². The molecule has 1 heterocycles. The maximum absolute atomic E-state index is 11.6. The summed E-state index contributed by atoms with van der Waals surface area (Å²) in [5, 5.41) is 7.81. The van der Waals surface area contributed by atoms with Crippen molar-refractivity contribution >= 4 is 5.97 Å². The Bertz CT molecular complexity index is 622. The lowest BCUT2D eigenvalue weighted by Gasteiger charge is -2.07. The first-order valence-corrected chi connectivity index (χ1v) is 6.88. The molecule has 21 heavy (non-hydrogen) atoms. The second-order valence-electron chi connectivity index (χ2n) is 4.63. The maximum Gasteiger partial charge on any atom is 0.360 e. The molecule has 112 valence electrons. The Kier molecular flexibility index (Phi) is 4.92. The fourth-order valence-corrected chi connectivity index (χ4v) is 1.92. The van der Waals surface area contributed by atoms with Crippen LogP contribution in [-0.4, -0.2) is 34.2 Å². The Morgan fingerprint density at radius 2 is 2.14 bits per heavy atom. The van der Waals surface area contributed by atoms with Crippen molar-refractivity contribution in [3.05, 3.63) is 41.2 Å². The molecule has 0 aliphatic heterocycles. The number of aromatic nitrogens is 3. The van der Waals surface area contributed by atoms with Crippen molar-refractivity contribution in [2.75, 3.05) is 13.2 Å². The van der Waals surface area contributed by atoms with Gasteiger partial charge in [0.05, 0.1) is 18.8 Å². The summed E-state index contributed by atoms with van der Waals surface area (Å²) in [6, 6.07) is 7.84. The van der Waals surface area contributed by atoms with E-state index in [1.165, 1.54) is 0 Å². The maximum atomic E-state index is 11.6. The lowest BCUT2D eigenvalue weighted by molar-refractivity contribution is 0.0518. The molecule has 0 aliphatic carbocycles. The smallest absolute Gasteiger partial charge is 0.360 e. The van der Waals surface area contributed by atoms with Crippen molar-refractivity contribution in [3.8, 4) is 5.75 Å². The first-order chi connectivity index (χ1) is 10.1. The van der Waals surface area contributed by atoms with Gasteiger partial charge in [-0.1, -0.05) is 17.3 Å². The molecule has 0 spiro atoms. The van der Waals surface area contributed by atoms with E-state index < -0.39 is 5.97 Å². The Balaban J connectivity index is 1.93. The molecule has 0 unspecified atom stereocenters. The van der Waals surface area contributed by atoms with Gasteiger partial charge in [-0.25, -0.2) is 9.48 Å². The third-order valence-corrected chi connectivity index (χ3v) is 3.01. The molecule has 0 bridgehead atoms. The van der Waals surface area contributed by atoms with Crippen LogP contribution in [0.3, 0.4) is 0 Å². The Morgan fingerprint density at radius 1 is 1.33 bits per heavy atom. The van der Waals surface area contributed by atoms with Crippen molar-refractivity contribution in [2.45, 2.75) is 27.3 Å². The number of aryl methyl sites for hydroxylation is 1. The van der Waals surface area contributed by atoms with Crippen LogP contribution in [0, 0.1) is 13.8 Å². The van der Waals surface area contributed by atoms with Crippen LogP contribution >= 0.6 is 0 Å². The van der Waals surface area contributed by atoms with E-state index in [2.05, 4.69) is 10.3 Å². The summed E-state index contributed by atoms with van der Waals surface area (Å²) in [5.74, 6) is 0.374. The van der Waals surface area contributed by atoms with Crippen LogP contribution in [0.1, 0.15) is 28.7 Å². The summed E-state index contributed by atoms with van der Waals surface area (Å²) >= 11 is 0. The van der Waals surface area contributed by atoms with E-state index in [1.807, 2.05) is 31.2 Å².